The summed E-state index contributed by atoms with van der Waals surface area (Å²) in [4.78, 5) is 22.3. The minimum atomic E-state index is -1.04. The average Bonchev–Trinajstić information content (AvgIpc) is 2.67. The van der Waals surface area contributed by atoms with Crippen molar-refractivity contribution >= 4 is 11.8 Å². The fourth-order valence-electron chi connectivity index (χ4n) is 3.04. The van der Waals surface area contributed by atoms with Crippen LogP contribution in [0.1, 0.15) is 12.8 Å². The van der Waals surface area contributed by atoms with Crippen LogP contribution in [0.4, 0.5) is 5.82 Å². The second-order valence-corrected chi connectivity index (χ2v) is 5.92. The number of aliphatic hydroxyl groups excluding tert-OH is 1. The van der Waals surface area contributed by atoms with Crippen molar-refractivity contribution in [1.29, 1.82) is 0 Å². The van der Waals surface area contributed by atoms with Crippen molar-refractivity contribution in [3.8, 4) is 11.3 Å². The number of carbonyl (C=O) groups excluding carboxylic acids is 1. The van der Waals surface area contributed by atoms with E-state index in [1.165, 1.54) is 7.11 Å². The van der Waals surface area contributed by atoms with Gasteiger partial charge >= 0.3 is 5.97 Å². The maximum absolute atomic E-state index is 11.5. The average molecular weight is 327 g/mol. The number of ether oxygens (including phenoxy) is 1. The van der Waals surface area contributed by atoms with E-state index in [1.807, 2.05) is 36.4 Å². The Kier molecular flexibility index (Phi) is 5.05. The lowest BCUT2D eigenvalue weighted by Crippen LogP contribution is -2.41. The van der Waals surface area contributed by atoms with Crippen LogP contribution < -0.4 is 4.90 Å². The summed E-state index contributed by atoms with van der Waals surface area (Å²) >= 11 is 0. The molecule has 1 saturated heterocycles. The van der Waals surface area contributed by atoms with Gasteiger partial charge in [0.25, 0.3) is 0 Å². The molecule has 2 heterocycles. The molecule has 0 amide bonds. The van der Waals surface area contributed by atoms with Crippen molar-refractivity contribution in [2.75, 3.05) is 25.1 Å². The van der Waals surface area contributed by atoms with E-state index >= 15 is 0 Å². The van der Waals surface area contributed by atoms with Gasteiger partial charge in [0.15, 0.2) is 6.10 Å². The lowest BCUT2D eigenvalue weighted by molar-refractivity contribution is -0.153. The molecule has 0 bridgehead atoms. The maximum atomic E-state index is 11.5. The van der Waals surface area contributed by atoms with Gasteiger partial charge in [0.2, 0.25) is 0 Å². The summed E-state index contributed by atoms with van der Waals surface area (Å²) in [6, 6.07) is 12.0. The summed E-state index contributed by atoms with van der Waals surface area (Å²) in [5.74, 6) is 0.251. The second kappa shape index (κ2) is 7.40. The monoisotopic (exact) mass is 327 g/mol. The van der Waals surface area contributed by atoms with Crippen LogP contribution in [0.3, 0.4) is 0 Å². The van der Waals surface area contributed by atoms with Crippen LogP contribution in [-0.2, 0) is 9.53 Å². The summed E-state index contributed by atoms with van der Waals surface area (Å²) in [7, 11) is 1.30. The molecule has 24 heavy (non-hydrogen) atoms. The number of methoxy groups -OCH3 is 1. The Morgan fingerprint density at radius 3 is 2.62 bits per heavy atom. The molecule has 6 heteroatoms. The van der Waals surface area contributed by atoms with Gasteiger partial charge in [-0.3, -0.25) is 0 Å². The Morgan fingerprint density at radius 1 is 1.25 bits per heavy atom. The van der Waals surface area contributed by atoms with Crippen LogP contribution >= 0.6 is 0 Å². The topological polar surface area (TPSA) is 75.6 Å². The summed E-state index contributed by atoms with van der Waals surface area (Å²) in [5.41, 5.74) is 1.94. The number of hydrogen-bond donors (Lipinski definition) is 1. The smallest absolute Gasteiger partial charge is 0.334 e. The molecule has 1 fully saturated rings. The van der Waals surface area contributed by atoms with Gasteiger partial charge in [-0.15, -0.1) is 0 Å². The van der Waals surface area contributed by atoms with Crippen molar-refractivity contribution in [2.24, 2.45) is 5.92 Å². The first kappa shape index (κ1) is 16.4. The largest absolute Gasteiger partial charge is 0.467 e. The van der Waals surface area contributed by atoms with E-state index < -0.39 is 12.1 Å². The van der Waals surface area contributed by atoms with Crippen molar-refractivity contribution in [3.05, 3.63) is 42.7 Å². The molecule has 1 unspecified atom stereocenters. The highest BCUT2D eigenvalue weighted by molar-refractivity contribution is 5.74. The van der Waals surface area contributed by atoms with E-state index in [0.717, 1.165) is 43.0 Å². The molecule has 2 aromatic rings. The van der Waals surface area contributed by atoms with Crippen LogP contribution in [0.2, 0.25) is 0 Å². The minimum absolute atomic E-state index is 0.0656. The number of piperidine rings is 1. The summed E-state index contributed by atoms with van der Waals surface area (Å²) in [5, 5.41) is 9.97. The summed E-state index contributed by atoms with van der Waals surface area (Å²) < 4.78 is 4.62. The standard InChI is InChI=1S/C18H21N3O3/c1-24-18(23)17(22)14-7-9-21(10-8-14)16-11-15(19-12-20-16)13-5-3-2-4-6-13/h2-6,11-12,14,17,22H,7-10H2,1H3. The zero-order chi connectivity index (χ0) is 16.9. The van der Waals surface area contributed by atoms with Gasteiger partial charge in [-0.05, 0) is 18.8 Å². The molecule has 3 rings (SSSR count). The van der Waals surface area contributed by atoms with Gasteiger partial charge in [0, 0.05) is 24.7 Å². The first-order valence-corrected chi connectivity index (χ1v) is 8.07. The van der Waals surface area contributed by atoms with Crippen molar-refractivity contribution in [1.82, 2.24) is 9.97 Å². The molecule has 0 radical (unpaired) electrons. The van der Waals surface area contributed by atoms with E-state index in [2.05, 4.69) is 19.6 Å². The second-order valence-electron chi connectivity index (χ2n) is 5.92. The number of hydrogen-bond acceptors (Lipinski definition) is 6. The normalized spacial score (nSPS) is 16.7. The molecule has 1 aromatic heterocycles. The number of rotatable bonds is 4. The number of nitrogens with zero attached hydrogens (tertiary/aromatic N) is 3. The zero-order valence-electron chi connectivity index (χ0n) is 13.6. The first-order valence-electron chi connectivity index (χ1n) is 8.07. The molecule has 0 spiro atoms. The molecule has 1 N–H and O–H groups in total. The predicted octanol–water partition coefficient (Wildman–Crippen LogP) is 1.89. The predicted molar refractivity (Wildman–Crippen MR) is 90.4 cm³/mol. The third kappa shape index (κ3) is 3.54. The van der Waals surface area contributed by atoms with Crippen LogP contribution in [0.5, 0.6) is 0 Å². The highest BCUT2D eigenvalue weighted by Crippen LogP contribution is 2.26. The minimum Gasteiger partial charge on any atom is -0.467 e. The fourth-order valence-corrected chi connectivity index (χ4v) is 3.04. The SMILES string of the molecule is COC(=O)C(O)C1CCN(c2cc(-c3ccccc3)ncn2)CC1. The van der Waals surface area contributed by atoms with E-state index in [4.69, 9.17) is 0 Å². The Bertz CT molecular complexity index is 685. The van der Waals surface area contributed by atoms with Gasteiger partial charge in [-0.2, -0.15) is 0 Å². The van der Waals surface area contributed by atoms with Crippen molar-refractivity contribution < 1.29 is 14.6 Å². The van der Waals surface area contributed by atoms with E-state index in [-0.39, 0.29) is 5.92 Å². The Balaban J connectivity index is 1.68. The van der Waals surface area contributed by atoms with Gasteiger partial charge in [-0.1, -0.05) is 30.3 Å². The first-order chi connectivity index (χ1) is 11.7. The number of benzene rings is 1. The highest BCUT2D eigenvalue weighted by atomic mass is 16.5. The molecule has 0 aliphatic carbocycles. The van der Waals surface area contributed by atoms with Crippen LogP contribution in [-0.4, -0.2) is 47.3 Å². The zero-order valence-corrected chi connectivity index (χ0v) is 13.6. The van der Waals surface area contributed by atoms with Gasteiger partial charge in [-0.25, -0.2) is 14.8 Å². The van der Waals surface area contributed by atoms with Crippen molar-refractivity contribution in [2.45, 2.75) is 18.9 Å². The number of anilines is 1. The van der Waals surface area contributed by atoms with E-state index in [0.29, 0.717) is 0 Å². The Morgan fingerprint density at radius 2 is 1.96 bits per heavy atom. The lowest BCUT2D eigenvalue weighted by atomic mass is 9.91. The molecule has 1 aliphatic rings. The van der Waals surface area contributed by atoms with Crippen LogP contribution in [0.25, 0.3) is 11.3 Å². The third-order valence-electron chi connectivity index (χ3n) is 4.48. The Hall–Kier alpha value is -2.47. The molecule has 0 saturated carbocycles. The molecule has 1 aromatic carbocycles. The molecule has 1 aliphatic heterocycles. The molecular formula is C18H21N3O3. The maximum Gasteiger partial charge on any atom is 0.334 e. The van der Waals surface area contributed by atoms with Crippen molar-refractivity contribution in [3.63, 3.8) is 0 Å². The lowest BCUT2D eigenvalue weighted by Gasteiger charge is -2.34. The number of aliphatic hydroxyl groups is 1. The molecule has 126 valence electrons. The number of carbonyl (C=O) groups is 1. The van der Waals surface area contributed by atoms with Gasteiger partial charge < -0.3 is 14.7 Å². The molecular weight excluding hydrogens is 306 g/mol. The fraction of sp³-hybridized carbons (Fsp3) is 0.389. The van der Waals surface area contributed by atoms with E-state index in [9.17, 15) is 9.90 Å². The summed E-state index contributed by atoms with van der Waals surface area (Å²) in [6.45, 7) is 1.48. The quantitative estimate of drug-likeness (QED) is 0.865. The number of esters is 1. The van der Waals surface area contributed by atoms with Crippen LogP contribution in [0.15, 0.2) is 42.7 Å². The molecule has 6 nitrogen and oxygen atoms in total. The van der Waals surface area contributed by atoms with Gasteiger partial charge in [0.1, 0.15) is 12.1 Å². The highest BCUT2D eigenvalue weighted by Gasteiger charge is 2.30. The van der Waals surface area contributed by atoms with Crippen LogP contribution in [0, 0.1) is 5.92 Å². The van der Waals surface area contributed by atoms with Gasteiger partial charge in [0.05, 0.1) is 12.8 Å². The van der Waals surface area contributed by atoms with E-state index in [1.54, 1.807) is 6.33 Å². The molecule has 1 atom stereocenters. The third-order valence-corrected chi connectivity index (χ3v) is 4.48. The summed E-state index contributed by atoms with van der Waals surface area (Å²) in [6.07, 6.45) is 1.98. The number of aromatic nitrogens is 2. The Labute approximate surface area is 141 Å².